The summed E-state index contributed by atoms with van der Waals surface area (Å²) in [7, 11) is 1.60. The molecule has 0 amide bonds. The lowest BCUT2D eigenvalue weighted by atomic mass is 9.97. The van der Waals surface area contributed by atoms with Crippen molar-refractivity contribution in [2.45, 2.75) is 12.1 Å². The molecule has 2 atom stereocenters. The van der Waals surface area contributed by atoms with Gasteiger partial charge < -0.3 is 15.6 Å². The lowest BCUT2D eigenvalue weighted by Crippen LogP contribution is -2.19. The summed E-state index contributed by atoms with van der Waals surface area (Å²) in [5.41, 5.74) is 7.75. The highest BCUT2D eigenvalue weighted by molar-refractivity contribution is 9.10. The third-order valence-electron chi connectivity index (χ3n) is 3.04. The van der Waals surface area contributed by atoms with Gasteiger partial charge >= 0.3 is 0 Å². The number of methoxy groups -OCH3 is 1. The van der Waals surface area contributed by atoms with E-state index in [9.17, 15) is 5.11 Å². The second-order valence-electron chi connectivity index (χ2n) is 4.28. The Morgan fingerprint density at radius 2 is 1.79 bits per heavy atom. The maximum absolute atomic E-state index is 10.3. The molecule has 0 saturated carbocycles. The topological polar surface area (TPSA) is 55.5 Å². The number of hydrogen-bond acceptors (Lipinski definition) is 3. The zero-order chi connectivity index (χ0) is 13.8. The second-order valence-corrected chi connectivity index (χ2v) is 5.13. The maximum Gasteiger partial charge on any atom is 0.133 e. The third kappa shape index (κ3) is 3.15. The van der Waals surface area contributed by atoms with Gasteiger partial charge in [-0.1, -0.05) is 36.4 Å². The first-order chi connectivity index (χ1) is 9.13. The zero-order valence-electron chi connectivity index (χ0n) is 10.6. The number of aliphatic hydroxyl groups is 1. The highest BCUT2D eigenvalue weighted by Gasteiger charge is 2.19. The van der Waals surface area contributed by atoms with Gasteiger partial charge in [-0.15, -0.1) is 0 Å². The molecule has 0 bridgehead atoms. The number of hydrogen-bond donors (Lipinski definition) is 2. The number of aliphatic hydroxyl groups excluding tert-OH is 1. The summed E-state index contributed by atoms with van der Waals surface area (Å²) >= 11 is 3.40. The van der Waals surface area contributed by atoms with Crippen LogP contribution in [0.3, 0.4) is 0 Å². The van der Waals surface area contributed by atoms with Gasteiger partial charge in [0.1, 0.15) is 5.75 Å². The van der Waals surface area contributed by atoms with Crippen LogP contribution < -0.4 is 10.5 Å². The van der Waals surface area contributed by atoms with Crippen molar-refractivity contribution >= 4 is 15.9 Å². The smallest absolute Gasteiger partial charge is 0.133 e. The van der Waals surface area contributed by atoms with Crippen LogP contribution in [0, 0.1) is 0 Å². The van der Waals surface area contributed by atoms with Gasteiger partial charge in [-0.05, 0) is 39.2 Å². The molecule has 0 aliphatic carbocycles. The summed E-state index contributed by atoms with van der Waals surface area (Å²) < 4.78 is 5.96. The standard InChI is InChI=1S/C15H16BrNO2/c1-19-13-8-7-11(9-12(13)16)15(18)14(17)10-5-3-2-4-6-10/h2-9,14-15,18H,17H2,1H3. The molecule has 3 nitrogen and oxygen atoms in total. The Bertz CT molecular complexity index is 545. The van der Waals surface area contributed by atoms with Crippen LogP contribution in [-0.4, -0.2) is 12.2 Å². The van der Waals surface area contributed by atoms with E-state index in [-0.39, 0.29) is 0 Å². The Hall–Kier alpha value is -1.36. The molecule has 0 saturated heterocycles. The second kappa shape index (κ2) is 6.19. The van der Waals surface area contributed by atoms with Crippen molar-refractivity contribution in [2.24, 2.45) is 5.73 Å². The molecule has 2 aromatic rings. The molecular weight excluding hydrogens is 306 g/mol. The molecule has 2 aromatic carbocycles. The summed E-state index contributed by atoms with van der Waals surface area (Å²) in [5.74, 6) is 0.726. The molecule has 0 aliphatic heterocycles. The molecule has 2 rings (SSSR count). The highest BCUT2D eigenvalue weighted by Crippen LogP contribution is 2.32. The van der Waals surface area contributed by atoms with Crippen molar-refractivity contribution in [2.75, 3.05) is 7.11 Å². The Kier molecular flexibility index (Phi) is 4.58. The predicted octanol–water partition coefficient (Wildman–Crippen LogP) is 3.19. The van der Waals surface area contributed by atoms with Crippen molar-refractivity contribution < 1.29 is 9.84 Å². The van der Waals surface area contributed by atoms with Crippen LogP contribution in [0.15, 0.2) is 53.0 Å². The lowest BCUT2D eigenvalue weighted by Gasteiger charge is -2.20. The van der Waals surface area contributed by atoms with Crippen LogP contribution in [0.5, 0.6) is 5.75 Å². The Labute approximate surface area is 121 Å². The van der Waals surface area contributed by atoms with Crippen molar-refractivity contribution in [1.82, 2.24) is 0 Å². The molecule has 100 valence electrons. The minimum Gasteiger partial charge on any atom is -0.496 e. The van der Waals surface area contributed by atoms with Crippen molar-refractivity contribution in [1.29, 1.82) is 0 Å². The highest BCUT2D eigenvalue weighted by atomic mass is 79.9. The van der Waals surface area contributed by atoms with Gasteiger partial charge in [-0.25, -0.2) is 0 Å². The van der Waals surface area contributed by atoms with Gasteiger partial charge in [-0.3, -0.25) is 0 Å². The van der Waals surface area contributed by atoms with Gasteiger partial charge in [0.25, 0.3) is 0 Å². The quantitative estimate of drug-likeness (QED) is 0.909. The summed E-state index contributed by atoms with van der Waals surface area (Å²) in [4.78, 5) is 0. The largest absolute Gasteiger partial charge is 0.496 e. The normalized spacial score (nSPS) is 13.9. The van der Waals surface area contributed by atoms with Crippen LogP contribution >= 0.6 is 15.9 Å². The summed E-state index contributed by atoms with van der Waals surface area (Å²) in [5, 5.41) is 10.3. The van der Waals surface area contributed by atoms with E-state index in [0.29, 0.717) is 0 Å². The maximum atomic E-state index is 10.3. The van der Waals surface area contributed by atoms with Crippen molar-refractivity contribution in [3.05, 3.63) is 64.1 Å². The number of nitrogens with two attached hydrogens (primary N) is 1. The minimum atomic E-state index is -0.760. The molecule has 0 fully saturated rings. The fraction of sp³-hybridized carbons (Fsp3) is 0.200. The molecule has 0 spiro atoms. The van der Waals surface area contributed by atoms with E-state index in [1.54, 1.807) is 13.2 Å². The van der Waals surface area contributed by atoms with E-state index in [1.807, 2.05) is 42.5 Å². The van der Waals surface area contributed by atoms with E-state index < -0.39 is 12.1 Å². The van der Waals surface area contributed by atoms with E-state index in [4.69, 9.17) is 10.5 Å². The number of ether oxygens (including phenoxy) is 1. The number of rotatable bonds is 4. The Morgan fingerprint density at radius 3 is 2.37 bits per heavy atom. The van der Waals surface area contributed by atoms with Crippen LogP contribution in [0.4, 0.5) is 0 Å². The van der Waals surface area contributed by atoms with Crippen molar-refractivity contribution in [3.8, 4) is 5.75 Å². The van der Waals surface area contributed by atoms with Crippen LogP contribution in [0.1, 0.15) is 23.3 Å². The molecular formula is C15H16BrNO2. The first kappa shape index (κ1) is 14.1. The van der Waals surface area contributed by atoms with Gasteiger partial charge in [0.05, 0.1) is 23.7 Å². The molecule has 0 radical (unpaired) electrons. The average Bonchev–Trinajstić information content (AvgIpc) is 2.46. The third-order valence-corrected chi connectivity index (χ3v) is 3.66. The minimum absolute atomic E-state index is 0.457. The first-order valence-corrected chi connectivity index (χ1v) is 6.75. The van der Waals surface area contributed by atoms with E-state index >= 15 is 0 Å². The average molecular weight is 322 g/mol. The predicted molar refractivity (Wildman–Crippen MR) is 79.0 cm³/mol. The van der Waals surface area contributed by atoms with Gasteiger partial charge in [-0.2, -0.15) is 0 Å². The fourth-order valence-corrected chi connectivity index (χ4v) is 2.49. The molecule has 0 aromatic heterocycles. The SMILES string of the molecule is COc1ccc(C(O)C(N)c2ccccc2)cc1Br. The molecule has 2 unspecified atom stereocenters. The van der Waals surface area contributed by atoms with Gasteiger partial charge in [0, 0.05) is 0 Å². The Balaban J connectivity index is 2.24. The van der Waals surface area contributed by atoms with Crippen molar-refractivity contribution in [3.63, 3.8) is 0 Å². The summed E-state index contributed by atoms with van der Waals surface area (Å²) in [6, 6.07) is 14.5. The van der Waals surface area contributed by atoms with E-state index in [0.717, 1.165) is 21.3 Å². The number of halogens is 1. The first-order valence-electron chi connectivity index (χ1n) is 5.95. The number of benzene rings is 2. The van der Waals surface area contributed by atoms with Crippen LogP contribution in [0.2, 0.25) is 0 Å². The van der Waals surface area contributed by atoms with E-state index in [2.05, 4.69) is 15.9 Å². The molecule has 4 heteroatoms. The monoisotopic (exact) mass is 321 g/mol. The molecule has 0 aliphatic rings. The summed E-state index contributed by atoms with van der Waals surface area (Å²) in [6.07, 6.45) is -0.760. The van der Waals surface area contributed by atoms with Crippen LogP contribution in [-0.2, 0) is 0 Å². The molecule has 3 N–H and O–H groups in total. The van der Waals surface area contributed by atoms with Gasteiger partial charge in [0.15, 0.2) is 0 Å². The molecule has 0 heterocycles. The fourth-order valence-electron chi connectivity index (χ4n) is 1.93. The van der Waals surface area contributed by atoms with Gasteiger partial charge in [0.2, 0.25) is 0 Å². The van der Waals surface area contributed by atoms with Crippen LogP contribution in [0.25, 0.3) is 0 Å². The zero-order valence-corrected chi connectivity index (χ0v) is 12.2. The van der Waals surface area contributed by atoms with E-state index in [1.165, 1.54) is 0 Å². The lowest BCUT2D eigenvalue weighted by molar-refractivity contribution is 0.147. The Morgan fingerprint density at radius 1 is 1.11 bits per heavy atom. The molecule has 19 heavy (non-hydrogen) atoms. The summed E-state index contributed by atoms with van der Waals surface area (Å²) in [6.45, 7) is 0.